The number of hydrogen-bond acceptors (Lipinski definition) is 3. The van der Waals surface area contributed by atoms with Crippen molar-refractivity contribution in [3.05, 3.63) is 34.9 Å². The Hall–Kier alpha value is -1.30. The minimum absolute atomic E-state index is 0. The molecule has 7 heteroatoms. The first-order valence-electron chi connectivity index (χ1n) is 10.0. The molecule has 4 rings (SSSR count). The van der Waals surface area contributed by atoms with Crippen molar-refractivity contribution in [1.29, 1.82) is 0 Å². The van der Waals surface area contributed by atoms with Gasteiger partial charge in [-0.3, -0.25) is 9.59 Å². The minimum atomic E-state index is 0. The highest BCUT2D eigenvalue weighted by Gasteiger charge is 2.58. The highest BCUT2D eigenvalue weighted by Crippen LogP contribution is 2.59. The van der Waals surface area contributed by atoms with E-state index in [9.17, 15) is 9.59 Å². The third kappa shape index (κ3) is 4.32. The SMILES string of the molecule is CC1CN(C(=O)C2CC23CCNCC3)CCN1C(=O)Cc1cccc(Cl)c1.Cl. The largest absolute Gasteiger partial charge is 0.339 e. The number of nitrogens with one attached hydrogen (secondary N) is 1. The maximum atomic E-state index is 13.0. The highest BCUT2D eigenvalue weighted by atomic mass is 35.5. The van der Waals surface area contributed by atoms with Gasteiger partial charge in [0.15, 0.2) is 0 Å². The summed E-state index contributed by atoms with van der Waals surface area (Å²) in [4.78, 5) is 29.6. The molecule has 28 heavy (non-hydrogen) atoms. The van der Waals surface area contributed by atoms with Crippen molar-refractivity contribution in [2.24, 2.45) is 11.3 Å². The second-order valence-corrected chi connectivity index (χ2v) is 8.83. The van der Waals surface area contributed by atoms with Crippen LogP contribution < -0.4 is 5.32 Å². The topological polar surface area (TPSA) is 52.7 Å². The fraction of sp³-hybridized carbons (Fsp3) is 0.619. The molecule has 2 amide bonds. The van der Waals surface area contributed by atoms with Crippen LogP contribution in [0.2, 0.25) is 5.02 Å². The van der Waals surface area contributed by atoms with Crippen molar-refractivity contribution in [2.75, 3.05) is 32.7 Å². The molecule has 1 aromatic carbocycles. The van der Waals surface area contributed by atoms with Gasteiger partial charge in [-0.15, -0.1) is 12.4 Å². The van der Waals surface area contributed by atoms with Crippen LogP contribution in [0.15, 0.2) is 24.3 Å². The summed E-state index contributed by atoms with van der Waals surface area (Å²) in [5.41, 5.74) is 1.20. The molecular formula is C21H29Cl2N3O2. The molecule has 3 aliphatic rings. The monoisotopic (exact) mass is 425 g/mol. The van der Waals surface area contributed by atoms with E-state index in [0.29, 0.717) is 37.0 Å². The predicted molar refractivity (Wildman–Crippen MR) is 113 cm³/mol. The zero-order chi connectivity index (χ0) is 19.0. The zero-order valence-electron chi connectivity index (χ0n) is 16.3. The van der Waals surface area contributed by atoms with E-state index in [1.54, 1.807) is 0 Å². The lowest BCUT2D eigenvalue weighted by Crippen LogP contribution is -2.56. The van der Waals surface area contributed by atoms with Gasteiger partial charge in [-0.25, -0.2) is 0 Å². The Kier molecular flexibility index (Phi) is 6.58. The maximum absolute atomic E-state index is 13.0. The molecule has 1 saturated carbocycles. The molecule has 2 unspecified atom stereocenters. The van der Waals surface area contributed by atoms with Crippen LogP contribution >= 0.6 is 24.0 Å². The van der Waals surface area contributed by atoms with Crippen molar-refractivity contribution in [1.82, 2.24) is 15.1 Å². The van der Waals surface area contributed by atoms with Crippen LogP contribution in [0.4, 0.5) is 0 Å². The van der Waals surface area contributed by atoms with Gasteiger partial charge in [0.2, 0.25) is 11.8 Å². The van der Waals surface area contributed by atoms with Crippen LogP contribution in [-0.4, -0.2) is 60.4 Å². The second-order valence-electron chi connectivity index (χ2n) is 8.40. The van der Waals surface area contributed by atoms with Gasteiger partial charge in [0.1, 0.15) is 0 Å². The summed E-state index contributed by atoms with van der Waals surface area (Å²) in [6, 6.07) is 7.51. The summed E-state index contributed by atoms with van der Waals surface area (Å²) in [6.07, 6.45) is 3.65. The normalized spacial score (nSPS) is 25.9. The molecule has 1 N–H and O–H groups in total. The number of halogens is 2. The van der Waals surface area contributed by atoms with E-state index in [4.69, 9.17) is 11.6 Å². The number of benzene rings is 1. The molecule has 3 fully saturated rings. The first-order valence-corrected chi connectivity index (χ1v) is 10.4. The fourth-order valence-electron chi connectivity index (χ4n) is 4.85. The molecular weight excluding hydrogens is 397 g/mol. The van der Waals surface area contributed by atoms with Crippen LogP contribution in [0.1, 0.15) is 31.7 Å². The highest BCUT2D eigenvalue weighted by molar-refractivity contribution is 6.30. The summed E-state index contributed by atoms with van der Waals surface area (Å²) < 4.78 is 0. The van der Waals surface area contributed by atoms with Crippen molar-refractivity contribution in [3.8, 4) is 0 Å². The predicted octanol–water partition coefficient (Wildman–Crippen LogP) is 2.75. The summed E-state index contributed by atoms with van der Waals surface area (Å²) in [7, 11) is 0. The summed E-state index contributed by atoms with van der Waals surface area (Å²) >= 11 is 6.02. The van der Waals surface area contributed by atoms with Gasteiger partial charge in [0.05, 0.1) is 6.42 Å². The van der Waals surface area contributed by atoms with Crippen LogP contribution in [0.25, 0.3) is 0 Å². The Morgan fingerprint density at radius 2 is 2.00 bits per heavy atom. The smallest absolute Gasteiger partial charge is 0.227 e. The average molecular weight is 426 g/mol. The van der Waals surface area contributed by atoms with E-state index in [-0.39, 0.29) is 35.7 Å². The fourth-order valence-corrected chi connectivity index (χ4v) is 5.06. The van der Waals surface area contributed by atoms with E-state index in [2.05, 4.69) is 5.32 Å². The average Bonchev–Trinajstić information content (AvgIpc) is 3.34. The Morgan fingerprint density at radius 3 is 2.68 bits per heavy atom. The molecule has 2 saturated heterocycles. The van der Waals surface area contributed by atoms with Crippen molar-refractivity contribution in [3.63, 3.8) is 0 Å². The number of hydrogen-bond donors (Lipinski definition) is 1. The second kappa shape index (κ2) is 8.60. The molecule has 2 atom stereocenters. The van der Waals surface area contributed by atoms with E-state index in [0.717, 1.165) is 37.9 Å². The number of rotatable bonds is 3. The molecule has 0 bridgehead atoms. The van der Waals surface area contributed by atoms with E-state index in [1.807, 2.05) is 41.0 Å². The molecule has 5 nitrogen and oxygen atoms in total. The molecule has 1 spiro atoms. The lowest BCUT2D eigenvalue weighted by Gasteiger charge is -2.40. The number of piperazine rings is 1. The molecule has 0 radical (unpaired) electrons. The van der Waals surface area contributed by atoms with Crippen LogP contribution in [0, 0.1) is 11.3 Å². The lowest BCUT2D eigenvalue weighted by molar-refractivity contribution is -0.143. The van der Waals surface area contributed by atoms with E-state index in [1.165, 1.54) is 0 Å². The van der Waals surface area contributed by atoms with Crippen molar-refractivity contribution in [2.45, 2.75) is 38.6 Å². The van der Waals surface area contributed by atoms with E-state index < -0.39 is 0 Å². The van der Waals surface area contributed by atoms with Crippen LogP contribution in [0.3, 0.4) is 0 Å². The van der Waals surface area contributed by atoms with Gasteiger partial charge in [-0.05, 0) is 62.4 Å². The number of nitrogens with zero attached hydrogens (tertiary/aromatic N) is 2. The zero-order valence-corrected chi connectivity index (χ0v) is 17.9. The first-order chi connectivity index (χ1) is 13.0. The molecule has 1 aromatic rings. The molecule has 0 aromatic heterocycles. The van der Waals surface area contributed by atoms with Crippen molar-refractivity contribution < 1.29 is 9.59 Å². The number of carbonyl (C=O) groups excluding carboxylic acids is 2. The summed E-state index contributed by atoms with van der Waals surface area (Å²) in [6.45, 7) is 6.02. The summed E-state index contributed by atoms with van der Waals surface area (Å²) in [5.74, 6) is 0.629. The Labute approximate surface area is 178 Å². The number of piperidine rings is 1. The Morgan fingerprint density at radius 1 is 1.25 bits per heavy atom. The third-order valence-electron chi connectivity index (χ3n) is 6.59. The Bertz CT molecular complexity index is 736. The van der Waals surface area contributed by atoms with Gasteiger partial charge in [-0.2, -0.15) is 0 Å². The minimum Gasteiger partial charge on any atom is -0.339 e. The lowest BCUT2D eigenvalue weighted by atomic mass is 9.91. The third-order valence-corrected chi connectivity index (χ3v) is 6.83. The number of carbonyl (C=O) groups is 2. The number of amides is 2. The van der Waals surface area contributed by atoms with Crippen LogP contribution in [-0.2, 0) is 16.0 Å². The molecule has 2 aliphatic heterocycles. The van der Waals surface area contributed by atoms with Gasteiger partial charge < -0.3 is 15.1 Å². The van der Waals surface area contributed by atoms with Gasteiger partial charge in [0.25, 0.3) is 0 Å². The first kappa shape index (κ1) is 21.4. The quantitative estimate of drug-likeness (QED) is 0.809. The van der Waals surface area contributed by atoms with Crippen LogP contribution in [0.5, 0.6) is 0 Å². The van der Waals surface area contributed by atoms with Gasteiger partial charge in [-0.1, -0.05) is 23.7 Å². The maximum Gasteiger partial charge on any atom is 0.227 e. The Balaban J connectivity index is 0.00000225. The standard InChI is InChI=1S/C21H28ClN3O2.ClH/c1-15-14-24(20(27)18-13-21(18)5-7-23-8-6-21)9-10-25(15)19(26)12-16-3-2-4-17(22)11-16;/h2-4,11,15,18,23H,5-10,12-14H2,1H3;1H. The van der Waals surface area contributed by atoms with E-state index >= 15 is 0 Å². The van der Waals surface area contributed by atoms with Gasteiger partial charge in [0, 0.05) is 36.6 Å². The van der Waals surface area contributed by atoms with Gasteiger partial charge >= 0.3 is 0 Å². The molecule has 154 valence electrons. The summed E-state index contributed by atoms with van der Waals surface area (Å²) in [5, 5.41) is 4.04. The molecule has 1 aliphatic carbocycles. The molecule has 2 heterocycles. The van der Waals surface area contributed by atoms with Crippen molar-refractivity contribution >= 4 is 35.8 Å².